The molecule has 0 radical (unpaired) electrons. The third kappa shape index (κ3) is 4.70. The van der Waals surface area contributed by atoms with Crippen LogP contribution < -0.4 is 9.80 Å². The minimum absolute atomic E-state index is 0.830. The maximum Gasteiger partial charge on any atom is 0.138 e. The molecule has 0 atom stereocenters. The number of fused-ring (bicyclic) bond motifs is 10. The summed E-state index contributed by atoms with van der Waals surface area (Å²) >= 11 is 0. The van der Waals surface area contributed by atoms with E-state index >= 15 is 0 Å². The van der Waals surface area contributed by atoms with Crippen LogP contribution in [0.4, 0.5) is 34.1 Å². The van der Waals surface area contributed by atoms with Crippen LogP contribution in [0.25, 0.3) is 65.4 Å². The standard InChI is InChI=1S/C50H32N2O2/c1-5-17-33(18-6-1)51(34-19-7-2-8-20-34)43-31-47-49(39-27-15-13-25-37(39)43)41-29-46-42(30-45(41)53-47)50-40-28-16-14-26-38(40)44(32-48(50)54-46)52(35-21-9-3-10-22-35)36-23-11-4-12-24-36/h1-32H. The highest BCUT2D eigenvalue weighted by Crippen LogP contribution is 2.48. The van der Waals surface area contributed by atoms with Gasteiger partial charge in [0.25, 0.3) is 0 Å². The summed E-state index contributed by atoms with van der Waals surface area (Å²) in [6.07, 6.45) is 0. The second-order valence-electron chi connectivity index (χ2n) is 13.7. The Morgan fingerprint density at radius 1 is 0.259 bits per heavy atom. The van der Waals surface area contributed by atoms with E-state index in [0.29, 0.717) is 0 Å². The predicted octanol–water partition coefficient (Wildman–Crippen LogP) is 14.7. The maximum atomic E-state index is 6.86. The molecule has 9 aromatic carbocycles. The van der Waals surface area contributed by atoms with Gasteiger partial charge in [-0.2, -0.15) is 0 Å². The summed E-state index contributed by atoms with van der Waals surface area (Å²) < 4.78 is 13.7. The van der Waals surface area contributed by atoms with Crippen LogP contribution in [0.1, 0.15) is 0 Å². The lowest BCUT2D eigenvalue weighted by Crippen LogP contribution is -2.10. The zero-order valence-corrected chi connectivity index (χ0v) is 29.2. The Balaban J connectivity index is 1.17. The van der Waals surface area contributed by atoms with E-state index in [1.807, 2.05) is 0 Å². The molecule has 0 aliphatic carbocycles. The number of rotatable bonds is 6. The third-order valence-electron chi connectivity index (χ3n) is 10.6. The van der Waals surface area contributed by atoms with Gasteiger partial charge in [-0.25, -0.2) is 0 Å². The number of furan rings is 2. The Kier molecular flexibility index (Phi) is 6.82. The summed E-state index contributed by atoms with van der Waals surface area (Å²) in [5, 5.41) is 8.77. The number of benzene rings is 9. The van der Waals surface area contributed by atoms with Crippen molar-refractivity contribution in [2.75, 3.05) is 9.80 Å². The molecule has 0 saturated carbocycles. The lowest BCUT2D eigenvalue weighted by atomic mass is 9.99. The minimum atomic E-state index is 0.830. The molecule has 254 valence electrons. The van der Waals surface area contributed by atoms with Crippen molar-refractivity contribution in [2.24, 2.45) is 0 Å². The molecule has 11 aromatic rings. The Labute approximate surface area is 311 Å². The molecular formula is C50H32N2O2. The van der Waals surface area contributed by atoms with E-state index in [4.69, 9.17) is 8.83 Å². The van der Waals surface area contributed by atoms with Crippen LogP contribution in [0.5, 0.6) is 0 Å². The molecule has 54 heavy (non-hydrogen) atoms. The van der Waals surface area contributed by atoms with Gasteiger partial charge in [-0.15, -0.1) is 0 Å². The quantitative estimate of drug-likeness (QED) is 0.174. The second kappa shape index (κ2) is 12.1. The van der Waals surface area contributed by atoms with Gasteiger partial charge in [0, 0.05) is 67.2 Å². The number of hydrogen-bond donors (Lipinski definition) is 0. The third-order valence-corrected chi connectivity index (χ3v) is 10.6. The fourth-order valence-electron chi connectivity index (χ4n) is 8.27. The summed E-state index contributed by atoms with van der Waals surface area (Å²) in [4.78, 5) is 4.62. The topological polar surface area (TPSA) is 32.8 Å². The number of para-hydroxylation sites is 4. The molecule has 0 bridgehead atoms. The van der Waals surface area contributed by atoms with Gasteiger partial charge in [0.1, 0.15) is 22.3 Å². The van der Waals surface area contributed by atoms with Crippen LogP contribution >= 0.6 is 0 Å². The fraction of sp³-hybridized carbons (Fsp3) is 0. The average Bonchev–Trinajstić information content (AvgIpc) is 3.79. The van der Waals surface area contributed by atoms with Gasteiger partial charge in [0.2, 0.25) is 0 Å². The average molecular weight is 693 g/mol. The molecule has 0 aliphatic heterocycles. The number of nitrogens with zero attached hydrogens (tertiary/aromatic N) is 2. The normalized spacial score (nSPS) is 11.7. The fourth-order valence-corrected chi connectivity index (χ4v) is 8.27. The maximum absolute atomic E-state index is 6.86. The highest BCUT2D eigenvalue weighted by atomic mass is 16.3. The zero-order valence-electron chi connectivity index (χ0n) is 29.2. The van der Waals surface area contributed by atoms with Gasteiger partial charge < -0.3 is 18.6 Å². The molecule has 11 rings (SSSR count). The van der Waals surface area contributed by atoms with Gasteiger partial charge in [-0.1, -0.05) is 121 Å². The Morgan fingerprint density at radius 2 is 0.556 bits per heavy atom. The number of hydrogen-bond acceptors (Lipinski definition) is 4. The van der Waals surface area contributed by atoms with E-state index in [2.05, 4.69) is 204 Å². The summed E-state index contributed by atoms with van der Waals surface area (Å²) in [7, 11) is 0. The molecule has 0 fully saturated rings. The van der Waals surface area contributed by atoms with Crippen molar-refractivity contribution in [1.29, 1.82) is 0 Å². The molecule has 4 heteroatoms. The monoisotopic (exact) mass is 692 g/mol. The first kappa shape index (κ1) is 30.3. The van der Waals surface area contributed by atoms with Crippen LogP contribution in [-0.4, -0.2) is 0 Å². The molecule has 0 spiro atoms. The van der Waals surface area contributed by atoms with E-state index in [1.165, 1.54) is 0 Å². The van der Waals surface area contributed by atoms with Gasteiger partial charge >= 0.3 is 0 Å². The summed E-state index contributed by atoms with van der Waals surface area (Å²) in [5.74, 6) is 0. The van der Waals surface area contributed by atoms with E-state index in [0.717, 1.165) is 99.5 Å². The lowest BCUT2D eigenvalue weighted by Gasteiger charge is -2.26. The van der Waals surface area contributed by atoms with Crippen LogP contribution in [0.15, 0.2) is 203 Å². The first-order valence-corrected chi connectivity index (χ1v) is 18.3. The van der Waals surface area contributed by atoms with Gasteiger partial charge in [-0.05, 0) is 71.4 Å². The van der Waals surface area contributed by atoms with Crippen molar-refractivity contribution < 1.29 is 8.83 Å². The van der Waals surface area contributed by atoms with Crippen molar-refractivity contribution in [3.05, 3.63) is 194 Å². The molecule has 0 unspecified atom stereocenters. The number of anilines is 6. The molecule has 0 N–H and O–H groups in total. The SMILES string of the molecule is c1ccc(N(c2ccccc2)c2cc3oc4cc5c(cc4c3c3ccccc23)oc2cc(N(c3ccccc3)c3ccccc3)c3ccccc3c25)cc1. The Hall–Kier alpha value is -7.30. The van der Waals surface area contributed by atoms with Crippen LogP contribution in [0.2, 0.25) is 0 Å². The van der Waals surface area contributed by atoms with Gasteiger partial charge in [0.05, 0.1) is 11.4 Å². The van der Waals surface area contributed by atoms with Crippen molar-refractivity contribution >= 4 is 99.5 Å². The molecule has 2 heterocycles. The molecule has 0 amide bonds. The highest BCUT2D eigenvalue weighted by Gasteiger charge is 2.23. The molecule has 4 nitrogen and oxygen atoms in total. The summed E-state index contributed by atoms with van der Waals surface area (Å²) in [6, 6.07) is 68.1. The molecule has 0 saturated heterocycles. The molecule has 2 aromatic heterocycles. The Bertz CT molecular complexity index is 2860. The zero-order chi connectivity index (χ0) is 35.6. The van der Waals surface area contributed by atoms with Gasteiger partial charge in [-0.3, -0.25) is 0 Å². The summed E-state index contributed by atoms with van der Waals surface area (Å²) in [5.41, 5.74) is 9.77. The summed E-state index contributed by atoms with van der Waals surface area (Å²) in [6.45, 7) is 0. The van der Waals surface area contributed by atoms with Crippen LogP contribution in [0, 0.1) is 0 Å². The second-order valence-corrected chi connectivity index (χ2v) is 13.7. The van der Waals surface area contributed by atoms with Gasteiger partial charge in [0.15, 0.2) is 0 Å². The van der Waals surface area contributed by atoms with E-state index in [9.17, 15) is 0 Å². The van der Waals surface area contributed by atoms with E-state index in [-0.39, 0.29) is 0 Å². The van der Waals surface area contributed by atoms with E-state index in [1.54, 1.807) is 0 Å². The largest absolute Gasteiger partial charge is 0.456 e. The first-order valence-electron chi connectivity index (χ1n) is 18.3. The molecular weight excluding hydrogens is 661 g/mol. The van der Waals surface area contributed by atoms with Crippen LogP contribution in [-0.2, 0) is 0 Å². The van der Waals surface area contributed by atoms with E-state index < -0.39 is 0 Å². The minimum Gasteiger partial charge on any atom is -0.456 e. The molecule has 0 aliphatic rings. The Morgan fingerprint density at radius 3 is 0.889 bits per heavy atom. The first-order chi connectivity index (χ1) is 26.8. The lowest BCUT2D eigenvalue weighted by molar-refractivity contribution is 0.664. The highest BCUT2D eigenvalue weighted by molar-refractivity contribution is 6.27. The van der Waals surface area contributed by atoms with Crippen molar-refractivity contribution in [3.8, 4) is 0 Å². The van der Waals surface area contributed by atoms with Crippen molar-refractivity contribution in [3.63, 3.8) is 0 Å². The van der Waals surface area contributed by atoms with Crippen molar-refractivity contribution in [1.82, 2.24) is 0 Å². The van der Waals surface area contributed by atoms with Crippen molar-refractivity contribution in [2.45, 2.75) is 0 Å². The smallest absolute Gasteiger partial charge is 0.138 e. The predicted molar refractivity (Wildman–Crippen MR) is 225 cm³/mol. The van der Waals surface area contributed by atoms with Crippen LogP contribution in [0.3, 0.4) is 0 Å².